The molecule has 0 radical (unpaired) electrons. The molecule has 3 heteroatoms. The molecule has 0 atom stereocenters. The van der Waals surface area contributed by atoms with Gasteiger partial charge in [-0.3, -0.25) is 0 Å². The molecule has 18 heavy (non-hydrogen) atoms. The maximum atomic E-state index is 5.68. The second-order valence-corrected chi connectivity index (χ2v) is 4.53. The van der Waals surface area contributed by atoms with E-state index in [2.05, 4.69) is 49.9 Å². The topological polar surface area (TPSA) is 42.1 Å². The van der Waals surface area contributed by atoms with Crippen LogP contribution in [0.15, 0.2) is 24.3 Å². The van der Waals surface area contributed by atoms with E-state index in [9.17, 15) is 0 Å². The lowest BCUT2D eigenvalue weighted by atomic mass is 10.1. The van der Waals surface area contributed by atoms with Gasteiger partial charge in [0, 0.05) is 25.0 Å². The fourth-order valence-electron chi connectivity index (χ4n) is 2.26. The third kappa shape index (κ3) is 2.31. The number of pyridine rings is 1. The lowest BCUT2D eigenvalue weighted by Gasteiger charge is -2.21. The van der Waals surface area contributed by atoms with Crippen molar-refractivity contribution in [3.63, 3.8) is 0 Å². The highest BCUT2D eigenvalue weighted by molar-refractivity contribution is 5.84. The molecular formula is C15H21N3. The van der Waals surface area contributed by atoms with Gasteiger partial charge in [0.2, 0.25) is 0 Å². The molecule has 0 aliphatic heterocycles. The molecule has 2 rings (SSSR count). The Bertz CT molecular complexity index is 545. The van der Waals surface area contributed by atoms with Gasteiger partial charge in [0.15, 0.2) is 0 Å². The molecule has 2 N–H and O–H groups in total. The van der Waals surface area contributed by atoms with Crippen molar-refractivity contribution in [2.24, 2.45) is 5.73 Å². The van der Waals surface area contributed by atoms with Crippen LogP contribution in [-0.2, 0) is 6.54 Å². The largest absolute Gasteiger partial charge is 0.357 e. The predicted molar refractivity (Wildman–Crippen MR) is 77.9 cm³/mol. The van der Waals surface area contributed by atoms with Gasteiger partial charge in [-0.1, -0.05) is 6.07 Å². The van der Waals surface area contributed by atoms with Gasteiger partial charge < -0.3 is 10.6 Å². The number of nitrogens with two attached hydrogens (primary N) is 1. The van der Waals surface area contributed by atoms with Crippen LogP contribution in [0.4, 0.5) is 5.82 Å². The van der Waals surface area contributed by atoms with Crippen LogP contribution in [0, 0.1) is 6.92 Å². The van der Waals surface area contributed by atoms with E-state index in [1.807, 2.05) is 0 Å². The predicted octanol–water partition coefficient (Wildman–Crippen LogP) is 2.85. The highest BCUT2D eigenvalue weighted by Gasteiger charge is 2.07. The summed E-state index contributed by atoms with van der Waals surface area (Å²) in [4.78, 5) is 7.01. The van der Waals surface area contributed by atoms with Crippen LogP contribution in [0.25, 0.3) is 10.9 Å². The number of anilines is 1. The molecule has 3 nitrogen and oxygen atoms in total. The Morgan fingerprint density at radius 3 is 2.50 bits per heavy atom. The minimum absolute atomic E-state index is 0.577. The van der Waals surface area contributed by atoms with E-state index in [1.54, 1.807) is 0 Å². The summed E-state index contributed by atoms with van der Waals surface area (Å²) in [6, 6.07) is 8.43. The van der Waals surface area contributed by atoms with E-state index < -0.39 is 0 Å². The number of hydrogen-bond acceptors (Lipinski definition) is 3. The van der Waals surface area contributed by atoms with Crippen molar-refractivity contribution >= 4 is 16.7 Å². The first-order valence-corrected chi connectivity index (χ1v) is 6.54. The van der Waals surface area contributed by atoms with Crippen molar-refractivity contribution in [2.45, 2.75) is 27.3 Å². The molecule has 0 bridgehead atoms. The lowest BCUT2D eigenvalue weighted by Crippen LogP contribution is -2.23. The van der Waals surface area contributed by atoms with E-state index in [1.165, 1.54) is 10.9 Å². The van der Waals surface area contributed by atoms with Gasteiger partial charge in [0.05, 0.1) is 5.52 Å². The molecule has 96 valence electrons. The first kappa shape index (κ1) is 12.8. The molecule has 0 fully saturated rings. The smallest absolute Gasteiger partial charge is 0.129 e. The zero-order chi connectivity index (χ0) is 13.1. The zero-order valence-corrected chi connectivity index (χ0v) is 11.4. The summed E-state index contributed by atoms with van der Waals surface area (Å²) in [5.74, 6) is 1.06. The van der Waals surface area contributed by atoms with Crippen LogP contribution in [0.1, 0.15) is 25.0 Å². The zero-order valence-electron chi connectivity index (χ0n) is 11.4. The van der Waals surface area contributed by atoms with Gasteiger partial charge >= 0.3 is 0 Å². The van der Waals surface area contributed by atoms with Crippen LogP contribution < -0.4 is 10.6 Å². The molecule has 0 aliphatic rings. The number of rotatable bonds is 4. The van der Waals surface area contributed by atoms with Gasteiger partial charge in [-0.05, 0) is 50.1 Å². The van der Waals surface area contributed by atoms with Gasteiger partial charge in [-0.15, -0.1) is 0 Å². The van der Waals surface area contributed by atoms with E-state index in [4.69, 9.17) is 10.7 Å². The van der Waals surface area contributed by atoms with Crippen molar-refractivity contribution in [2.75, 3.05) is 18.0 Å². The van der Waals surface area contributed by atoms with Gasteiger partial charge in [-0.25, -0.2) is 4.98 Å². The fourth-order valence-corrected chi connectivity index (χ4v) is 2.26. The SMILES string of the molecule is CCN(CC)c1cc(C)c2cc(CN)ccc2n1. The molecular weight excluding hydrogens is 222 g/mol. The molecule has 0 aliphatic carbocycles. The average Bonchev–Trinajstić information content (AvgIpc) is 2.40. The average molecular weight is 243 g/mol. The summed E-state index contributed by atoms with van der Waals surface area (Å²) in [7, 11) is 0. The van der Waals surface area contributed by atoms with Crippen molar-refractivity contribution in [1.29, 1.82) is 0 Å². The normalized spacial score (nSPS) is 10.9. The summed E-state index contributed by atoms with van der Waals surface area (Å²) in [5.41, 5.74) is 9.15. The minimum atomic E-state index is 0.577. The molecule has 1 aromatic heterocycles. The fraction of sp³-hybridized carbons (Fsp3) is 0.400. The van der Waals surface area contributed by atoms with Crippen LogP contribution >= 0.6 is 0 Å². The monoisotopic (exact) mass is 243 g/mol. The Hall–Kier alpha value is -1.61. The van der Waals surface area contributed by atoms with E-state index in [0.717, 1.165) is 30.0 Å². The number of fused-ring (bicyclic) bond motifs is 1. The molecule has 0 unspecified atom stereocenters. The van der Waals surface area contributed by atoms with Crippen molar-refractivity contribution in [3.8, 4) is 0 Å². The summed E-state index contributed by atoms with van der Waals surface area (Å²) >= 11 is 0. The third-order valence-corrected chi connectivity index (χ3v) is 3.39. The standard InChI is InChI=1S/C15H21N3/c1-4-18(5-2)15-8-11(3)13-9-12(10-16)6-7-14(13)17-15/h6-9H,4-5,10,16H2,1-3H3. The van der Waals surface area contributed by atoms with Gasteiger partial charge in [-0.2, -0.15) is 0 Å². The van der Waals surface area contributed by atoms with Crippen LogP contribution in [0.2, 0.25) is 0 Å². The van der Waals surface area contributed by atoms with E-state index in [0.29, 0.717) is 6.54 Å². The van der Waals surface area contributed by atoms with Crippen molar-refractivity contribution < 1.29 is 0 Å². The molecule has 0 saturated heterocycles. The van der Waals surface area contributed by atoms with Crippen molar-refractivity contribution in [3.05, 3.63) is 35.4 Å². The van der Waals surface area contributed by atoms with Gasteiger partial charge in [0.1, 0.15) is 5.82 Å². The maximum absolute atomic E-state index is 5.68. The summed E-state index contributed by atoms with van der Waals surface area (Å²) in [6.07, 6.45) is 0. The highest BCUT2D eigenvalue weighted by Crippen LogP contribution is 2.23. The van der Waals surface area contributed by atoms with E-state index >= 15 is 0 Å². The number of hydrogen-bond donors (Lipinski definition) is 1. The lowest BCUT2D eigenvalue weighted by molar-refractivity contribution is 0.849. The Morgan fingerprint density at radius 1 is 1.17 bits per heavy atom. The second-order valence-electron chi connectivity index (χ2n) is 4.53. The number of benzene rings is 1. The molecule has 0 saturated carbocycles. The first-order chi connectivity index (χ1) is 8.69. The number of aryl methyl sites for hydroxylation is 1. The quantitative estimate of drug-likeness (QED) is 0.898. The minimum Gasteiger partial charge on any atom is -0.357 e. The maximum Gasteiger partial charge on any atom is 0.129 e. The van der Waals surface area contributed by atoms with Crippen LogP contribution in [0.3, 0.4) is 0 Å². The van der Waals surface area contributed by atoms with Crippen LogP contribution in [0.5, 0.6) is 0 Å². The molecule has 2 aromatic rings. The Kier molecular flexibility index (Phi) is 3.82. The highest BCUT2D eigenvalue weighted by atomic mass is 15.2. The molecule has 0 amide bonds. The molecule has 1 aromatic carbocycles. The Labute approximate surface area is 109 Å². The van der Waals surface area contributed by atoms with E-state index in [-0.39, 0.29) is 0 Å². The molecule has 1 heterocycles. The Balaban J connectivity index is 2.56. The second kappa shape index (κ2) is 5.36. The van der Waals surface area contributed by atoms with Crippen molar-refractivity contribution in [1.82, 2.24) is 4.98 Å². The first-order valence-electron chi connectivity index (χ1n) is 6.54. The molecule has 0 spiro atoms. The third-order valence-electron chi connectivity index (χ3n) is 3.39. The number of nitrogens with zero attached hydrogens (tertiary/aromatic N) is 2. The Morgan fingerprint density at radius 2 is 1.89 bits per heavy atom. The van der Waals surface area contributed by atoms with Crippen LogP contribution in [-0.4, -0.2) is 18.1 Å². The number of aromatic nitrogens is 1. The van der Waals surface area contributed by atoms with Gasteiger partial charge in [0.25, 0.3) is 0 Å². The summed E-state index contributed by atoms with van der Waals surface area (Å²) in [5, 5.41) is 1.20. The summed E-state index contributed by atoms with van der Waals surface area (Å²) < 4.78 is 0. The summed E-state index contributed by atoms with van der Waals surface area (Å²) in [6.45, 7) is 8.99.